The summed E-state index contributed by atoms with van der Waals surface area (Å²) in [7, 11) is 0. The number of amides is 3. The van der Waals surface area contributed by atoms with Gasteiger partial charge in [0.1, 0.15) is 0 Å². The van der Waals surface area contributed by atoms with E-state index in [-0.39, 0.29) is 11.9 Å². The van der Waals surface area contributed by atoms with Crippen molar-refractivity contribution in [3.05, 3.63) is 89.5 Å². The van der Waals surface area contributed by atoms with E-state index >= 15 is 0 Å². The molecule has 3 amide bonds. The Bertz CT molecular complexity index is 967. The van der Waals surface area contributed by atoms with Crippen LogP contribution < -0.4 is 16.0 Å². The van der Waals surface area contributed by atoms with Crippen LogP contribution in [-0.4, -0.2) is 11.9 Å². The van der Waals surface area contributed by atoms with Crippen LogP contribution in [0.5, 0.6) is 0 Å². The summed E-state index contributed by atoms with van der Waals surface area (Å²) in [5, 5.41) is 8.48. The van der Waals surface area contributed by atoms with Crippen molar-refractivity contribution in [2.24, 2.45) is 0 Å². The molecular formula is C23H23N3O2. The predicted octanol–water partition coefficient (Wildman–Crippen LogP) is 5.13. The van der Waals surface area contributed by atoms with Gasteiger partial charge in [0.15, 0.2) is 0 Å². The highest BCUT2D eigenvalue weighted by Crippen LogP contribution is 2.21. The molecular weight excluding hydrogens is 350 g/mol. The average molecular weight is 373 g/mol. The quantitative estimate of drug-likeness (QED) is 0.580. The van der Waals surface area contributed by atoms with Gasteiger partial charge in [-0.2, -0.15) is 0 Å². The fourth-order valence-corrected chi connectivity index (χ4v) is 2.74. The van der Waals surface area contributed by atoms with E-state index in [2.05, 4.69) is 16.0 Å². The lowest BCUT2D eigenvalue weighted by Crippen LogP contribution is -2.20. The van der Waals surface area contributed by atoms with Crippen molar-refractivity contribution in [1.29, 1.82) is 0 Å². The second-order valence-corrected chi connectivity index (χ2v) is 6.69. The third kappa shape index (κ3) is 5.45. The van der Waals surface area contributed by atoms with Crippen LogP contribution in [0.1, 0.15) is 16.7 Å². The summed E-state index contributed by atoms with van der Waals surface area (Å²) in [5.41, 5.74) is 5.02. The van der Waals surface area contributed by atoms with Gasteiger partial charge >= 0.3 is 6.03 Å². The molecule has 0 unspecified atom stereocenters. The molecule has 0 spiro atoms. The first kappa shape index (κ1) is 19.2. The number of nitrogens with one attached hydrogen (secondary N) is 3. The monoisotopic (exact) mass is 373 g/mol. The third-order valence-electron chi connectivity index (χ3n) is 4.29. The Balaban J connectivity index is 1.63. The Morgan fingerprint density at radius 3 is 2.14 bits per heavy atom. The number of hydrogen-bond donors (Lipinski definition) is 3. The van der Waals surface area contributed by atoms with Gasteiger partial charge in [0.2, 0.25) is 5.91 Å². The van der Waals surface area contributed by atoms with Crippen LogP contribution in [0.4, 0.5) is 21.9 Å². The topological polar surface area (TPSA) is 70.2 Å². The molecule has 0 saturated carbocycles. The van der Waals surface area contributed by atoms with Crippen LogP contribution in [0.3, 0.4) is 0 Å². The van der Waals surface area contributed by atoms with E-state index in [1.807, 2.05) is 74.5 Å². The van der Waals surface area contributed by atoms with Crippen LogP contribution in [0, 0.1) is 13.8 Å². The molecule has 0 heterocycles. The Hall–Kier alpha value is -3.60. The van der Waals surface area contributed by atoms with Gasteiger partial charge in [0.25, 0.3) is 0 Å². The van der Waals surface area contributed by atoms with Crippen molar-refractivity contribution in [3.63, 3.8) is 0 Å². The van der Waals surface area contributed by atoms with Gasteiger partial charge < -0.3 is 16.0 Å². The van der Waals surface area contributed by atoms with Gasteiger partial charge in [-0.25, -0.2) is 4.79 Å². The van der Waals surface area contributed by atoms with E-state index in [4.69, 9.17) is 0 Å². The Morgan fingerprint density at radius 1 is 0.750 bits per heavy atom. The number of carbonyl (C=O) groups is 2. The molecule has 0 aliphatic carbocycles. The zero-order valence-electron chi connectivity index (χ0n) is 16.0. The number of aryl methyl sites for hydroxylation is 2. The zero-order valence-corrected chi connectivity index (χ0v) is 16.0. The molecule has 28 heavy (non-hydrogen) atoms. The number of rotatable bonds is 5. The highest BCUT2D eigenvalue weighted by Gasteiger charge is 2.09. The maximum atomic E-state index is 12.4. The van der Waals surface area contributed by atoms with Gasteiger partial charge in [0, 0.05) is 17.1 Å². The van der Waals surface area contributed by atoms with Crippen molar-refractivity contribution in [2.45, 2.75) is 20.3 Å². The summed E-state index contributed by atoms with van der Waals surface area (Å²) in [6.07, 6.45) is 0.297. The number of carbonyl (C=O) groups excluding carboxylic acids is 2. The van der Waals surface area contributed by atoms with Gasteiger partial charge in [-0.3, -0.25) is 4.79 Å². The average Bonchev–Trinajstić information content (AvgIpc) is 2.67. The van der Waals surface area contributed by atoms with E-state index in [0.717, 1.165) is 16.7 Å². The zero-order chi connectivity index (χ0) is 19.9. The SMILES string of the molecule is Cc1ccc(CC(=O)Nc2cc(NC(=O)Nc3ccccc3)ccc2C)cc1. The lowest BCUT2D eigenvalue weighted by atomic mass is 10.1. The van der Waals surface area contributed by atoms with Crippen molar-refractivity contribution in [2.75, 3.05) is 16.0 Å². The standard InChI is InChI=1S/C23H23N3O2/c1-16-8-11-18(12-9-16)14-22(27)26-21-15-20(13-10-17(21)2)25-23(28)24-19-6-4-3-5-7-19/h3-13,15H,14H2,1-2H3,(H,26,27)(H2,24,25,28). The number of urea groups is 1. The van der Waals surface area contributed by atoms with Gasteiger partial charge in [-0.05, 0) is 49.2 Å². The lowest BCUT2D eigenvalue weighted by Gasteiger charge is -2.12. The van der Waals surface area contributed by atoms with E-state index in [1.54, 1.807) is 12.1 Å². The summed E-state index contributed by atoms with van der Waals surface area (Å²) in [4.78, 5) is 24.5. The molecule has 0 saturated heterocycles. The minimum absolute atomic E-state index is 0.0992. The number of anilines is 3. The molecule has 5 heteroatoms. The minimum atomic E-state index is -0.341. The molecule has 0 atom stereocenters. The number of hydrogen-bond acceptors (Lipinski definition) is 2. The smallest absolute Gasteiger partial charge is 0.323 e. The molecule has 0 aromatic heterocycles. The molecule has 3 N–H and O–H groups in total. The first-order valence-corrected chi connectivity index (χ1v) is 9.09. The van der Waals surface area contributed by atoms with E-state index < -0.39 is 0 Å². The Morgan fingerprint density at radius 2 is 1.43 bits per heavy atom. The van der Waals surface area contributed by atoms with Crippen molar-refractivity contribution < 1.29 is 9.59 Å². The summed E-state index contributed by atoms with van der Waals surface area (Å²) >= 11 is 0. The fourth-order valence-electron chi connectivity index (χ4n) is 2.74. The normalized spacial score (nSPS) is 10.2. The van der Waals surface area contributed by atoms with Crippen molar-refractivity contribution in [1.82, 2.24) is 0 Å². The second kappa shape index (κ2) is 8.86. The first-order chi connectivity index (χ1) is 13.5. The maximum Gasteiger partial charge on any atom is 0.323 e. The van der Waals surface area contributed by atoms with Crippen molar-refractivity contribution in [3.8, 4) is 0 Å². The highest BCUT2D eigenvalue weighted by molar-refractivity contribution is 6.00. The summed E-state index contributed by atoms with van der Waals surface area (Å²) in [6, 6.07) is 22.2. The molecule has 142 valence electrons. The van der Waals surface area contributed by atoms with Gasteiger partial charge in [-0.15, -0.1) is 0 Å². The Kier molecular flexibility index (Phi) is 6.07. The molecule has 3 rings (SSSR count). The van der Waals surface area contributed by atoms with Gasteiger partial charge in [-0.1, -0.05) is 54.1 Å². The number of benzene rings is 3. The minimum Gasteiger partial charge on any atom is -0.325 e. The van der Waals surface area contributed by atoms with Crippen LogP contribution in [0.15, 0.2) is 72.8 Å². The maximum absolute atomic E-state index is 12.4. The lowest BCUT2D eigenvalue weighted by molar-refractivity contribution is -0.115. The second-order valence-electron chi connectivity index (χ2n) is 6.69. The predicted molar refractivity (Wildman–Crippen MR) is 114 cm³/mol. The molecule has 0 aliphatic rings. The molecule has 3 aromatic carbocycles. The van der Waals surface area contributed by atoms with E-state index in [1.165, 1.54) is 0 Å². The van der Waals surface area contributed by atoms with Crippen LogP contribution in [-0.2, 0) is 11.2 Å². The largest absolute Gasteiger partial charge is 0.325 e. The molecule has 0 fully saturated rings. The third-order valence-corrected chi connectivity index (χ3v) is 4.29. The Labute approximate surface area is 164 Å². The molecule has 3 aromatic rings. The van der Waals surface area contributed by atoms with Crippen molar-refractivity contribution >= 4 is 29.0 Å². The van der Waals surface area contributed by atoms with Gasteiger partial charge in [0.05, 0.1) is 6.42 Å². The summed E-state index contributed by atoms with van der Waals surface area (Å²) < 4.78 is 0. The van der Waals surface area contributed by atoms with E-state index in [0.29, 0.717) is 23.5 Å². The van der Waals surface area contributed by atoms with Crippen LogP contribution in [0.2, 0.25) is 0 Å². The van der Waals surface area contributed by atoms with Crippen LogP contribution >= 0.6 is 0 Å². The molecule has 0 aliphatic heterocycles. The molecule has 0 radical (unpaired) electrons. The highest BCUT2D eigenvalue weighted by atomic mass is 16.2. The fraction of sp³-hybridized carbons (Fsp3) is 0.130. The number of para-hydroxylation sites is 1. The van der Waals surface area contributed by atoms with Crippen LogP contribution in [0.25, 0.3) is 0 Å². The first-order valence-electron chi connectivity index (χ1n) is 9.09. The molecule has 0 bridgehead atoms. The summed E-state index contributed by atoms with van der Waals surface area (Å²) in [5.74, 6) is -0.0992. The molecule has 5 nitrogen and oxygen atoms in total. The summed E-state index contributed by atoms with van der Waals surface area (Å²) in [6.45, 7) is 3.93. The van der Waals surface area contributed by atoms with E-state index in [9.17, 15) is 9.59 Å².